The van der Waals surface area contributed by atoms with Crippen LogP contribution in [0, 0.1) is 0 Å². The number of thioether (sulfide) groups is 1. The monoisotopic (exact) mass is 339 g/mol. The van der Waals surface area contributed by atoms with E-state index >= 15 is 0 Å². The van der Waals surface area contributed by atoms with Gasteiger partial charge in [0, 0.05) is 17.5 Å². The van der Waals surface area contributed by atoms with Crippen molar-refractivity contribution in [2.75, 3.05) is 13.7 Å². The molecule has 0 fully saturated rings. The Morgan fingerprint density at radius 2 is 2.17 bits per heavy atom. The number of aromatic nitrogens is 1. The second-order valence-corrected chi connectivity index (χ2v) is 6.26. The molecule has 1 aromatic carbocycles. The van der Waals surface area contributed by atoms with E-state index in [0.29, 0.717) is 12.4 Å². The predicted octanol–water partition coefficient (Wildman–Crippen LogP) is 2.89. The number of carbonyl (C=O) groups excluding carboxylic acids is 1. The lowest BCUT2D eigenvalue weighted by Crippen LogP contribution is -2.05. The molecule has 0 spiro atoms. The summed E-state index contributed by atoms with van der Waals surface area (Å²) in [6.07, 6.45) is 2.05. The van der Waals surface area contributed by atoms with Gasteiger partial charge in [-0.25, -0.2) is 4.99 Å². The Morgan fingerprint density at radius 3 is 2.96 bits per heavy atom. The van der Waals surface area contributed by atoms with Gasteiger partial charge in [-0.1, -0.05) is 24.3 Å². The molecule has 0 unspecified atom stereocenters. The number of esters is 1. The molecule has 3 rings (SSSR count). The maximum atomic E-state index is 11.4. The standard InChI is InChI=1S/C18H17N3O2S/c1-23-17(22)10-13-5-4-6-14(9-13)18-20-11-16(21-18)24-12-15-7-2-3-8-19-15/h2-9H,10-12H2,1H3. The first kappa shape index (κ1) is 16.4. The van der Waals surface area contributed by atoms with Crippen molar-refractivity contribution in [1.82, 2.24) is 4.98 Å². The van der Waals surface area contributed by atoms with Gasteiger partial charge in [0.2, 0.25) is 0 Å². The lowest BCUT2D eigenvalue weighted by molar-refractivity contribution is -0.139. The van der Waals surface area contributed by atoms with Crippen molar-refractivity contribution in [3.05, 3.63) is 65.5 Å². The fourth-order valence-electron chi connectivity index (χ4n) is 2.27. The van der Waals surface area contributed by atoms with Crippen molar-refractivity contribution < 1.29 is 9.53 Å². The Bertz CT molecular complexity index is 788. The number of benzene rings is 1. The van der Waals surface area contributed by atoms with Gasteiger partial charge in [0.05, 0.1) is 30.8 Å². The summed E-state index contributed by atoms with van der Waals surface area (Å²) in [4.78, 5) is 24.8. The number of aliphatic imine (C=N–C) groups is 2. The summed E-state index contributed by atoms with van der Waals surface area (Å²) < 4.78 is 4.70. The minimum absolute atomic E-state index is 0.253. The first-order valence-electron chi connectivity index (χ1n) is 7.55. The molecule has 1 aliphatic rings. The minimum Gasteiger partial charge on any atom is -0.469 e. The molecule has 122 valence electrons. The normalized spacial score (nSPS) is 13.4. The molecule has 24 heavy (non-hydrogen) atoms. The summed E-state index contributed by atoms with van der Waals surface area (Å²) in [6.45, 7) is 0.591. The molecule has 0 atom stereocenters. The zero-order valence-electron chi connectivity index (χ0n) is 13.3. The first-order chi connectivity index (χ1) is 11.7. The quantitative estimate of drug-likeness (QED) is 0.786. The molecular formula is C18H17N3O2S. The van der Waals surface area contributed by atoms with Crippen LogP contribution in [-0.2, 0) is 21.7 Å². The van der Waals surface area contributed by atoms with Crippen molar-refractivity contribution in [2.24, 2.45) is 9.98 Å². The van der Waals surface area contributed by atoms with Crippen LogP contribution in [0.25, 0.3) is 0 Å². The van der Waals surface area contributed by atoms with E-state index in [-0.39, 0.29) is 12.4 Å². The fourth-order valence-corrected chi connectivity index (χ4v) is 3.06. The van der Waals surface area contributed by atoms with Gasteiger partial charge in [0.1, 0.15) is 0 Å². The maximum Gasteiger partial charge on any atom is 0.309 e. The number of rotatable bonds is 5. The zero-order chi connectivity index (χ0) is 16.8. The average Bonchev–Trinajstić information content (AvgIpc) is 3.10. The SMILES string of the molecule is COC(=O)Cc1cccc(C2=NCC(SCc3ccccn3)=N2)c1. The van der Waals surface area contributed by atoms with Gasteiger partial charge in [-0.15, -0.1) is 11.8 Å². The van der Waals surface area contributed by atoms with Crippen LogP contribution >= 0.6 is 11.8 Å². The molecule has 0 aliphatic carbocycles. The molecule has 0 saturated heterocycles. The van der Waals surface area contributed by atoms with Gasteiger partial charge in [-0.3, -0.25) is 14.8 Å². The molecule has 0 bridgehead atoms. The van der Waals surface area contributed by atoms with Gasteiger partial charge < -0.3 is 4.74 Å². The zero-order valence-corrected chi connectivity index (χ0v) is 14.1. The van der Waals surface area contributed by atoms with Crippen LogP contribution in [0.15, 0.2) is 58.6 Å². The Morgan fingerprint density at radius 1 is 1.25 bits per heavy atom. The summed E-state index contributed by atoms with van der Waals surface area (Å²) in [5, 5.41) is 0.981. The van der Waals surface area contributed by atoms with E-state index in [9.17, 15) is 4.79 Å². The number of amidine groups is 1. The molecule has 0 saturated carbocycles. The van der Waals surface area contributed by atoms with Crippen LogP contribution in [0.2, 0.25) is 0 Å². The predicted molar refractivity (Wildman–Crippen MR) is 96.5 cm³/mol. The molecule has 6 heteroatoms. The van der Waals surface area contributed by atoms with Crippen LogP contribution in [0.4, 0.5) is 0 Å². The summed E-state index contributed by atoms with van der Waals surface area (Å²) in [6, 6.07) is 13.6. The van der Waals surface area contributed by atoms with E-state index in [2.05, 4.69) is 15.0 Å². The van der Waals surface area contributed by atoms with Gasteiger partial charge in [0.15, 0.2) is 5.84 Å². The lowest BCUT2D eigenvalue weighted by Gasteiger charge is -2.03. The number of pyridine rings is 1. The smallest absolute Gasteiger partial charge is 0.309 e. The number of methoxy groups -OCH3 is 1. The first-order valence-corrected chi connectivity index (χ1v) is 8.54. The molecule has 0 amide bonds. The Hall–Kier alpha value is -2.47. The highest BCUT2D eigenvalue weighted by atomic mass is 32.2. The molecule has 1 aliphatic heterocycles. The van der Waals surface area contributed by atoms with Crippen LogP contribution < -0.4 is 0 Å². The van der Waals surface area contributed by atoms with E-state index in [1.165, 1.54) is 7.11 Å². The third-order valence-corrected chi connectivity index (χ3v) is 4.46. The number of hydrogen-bond donors (Lipinski definition) is 0. The van der Waals surface area contributed by atoms with Gasteiger partial charge in [-0.05, 0) is 23.8 Å². The van der Waals surface area contributed by atoms with Gasteiger partial charge in [0.25, 0.3) is 0 Å². The van der Waals surface area contributed by atoms with E-state index in [1.54, 1.807) is 18.0 Å². The highest BCUT2D eigenvalue weighted by Crippen LogP contribution is 2.18. The highest BCUT2D eigenvalue weighted by Gasteiger charge is 2.14. The number of nitrogens with zero attached hydrogens (tertiary/aromatic N) is 3. The second kappa shape index (κ2) is 7.88. The molecule has 2 heterocycles. The Labute approximate surface area is 144 Å². The van der Waals surface area contributed by atoms with Gasteiger partial charge in [-0.2, -0.15) is 0 Å². The molecular weight excluding hydrogens is 322 g/mol. The maximum absolute atomic E-state index is 11.4. The molecule has 0 N–H and O–H groups in total. The number of hydrogen-bond acceptors (Lipinski definition) is 6. The summed E-state index contributed by atoms with van der Waals surface area (Å²) in [5.41, 5.74) is 2.84. The number of carbonyl (C=O) groups is 1. The van der Waals surface area contributed by atoms with E-state index in [1.807, 2.05) is 42.5 Å². The fraction of sp³-hybridized carbons (Fsp3) is 0.222. The van der Waals surface area contributed by atoms with Crippen LogP contribution in [-0.4, -0.2) is 35.5 Å². The van der Waals surface area contributed by atoms with Crippen LogP contribution in [0.5, 0.6) is 0 Å². The molecule has 1 aromatic heterocycles. The van der Waals surface area contributed by atoms with Crippen molar-refractivity contribution in [3.8, 4) is 0 Å². The van der Waals surface area contributed by atoms with Crippen molar-refractivity contribution in [1.29, 1.82) is 0 Å². The third-order valence-electron chi connectivity index (χ3n) is 3.47. The number of ether oxygens (including phenoxy) is 1. The van der Waals surface area contributed by atoms with E-state index in [4.69, 9.17) is 4.74 Å². The Kier molecular flexibility index (Phi) is 5.38. The van der Waals surface area contributed by atoms with Crippen molar-refractivity contribution in [3.63, 3.8) is 0 Å². The largest absolute Gasteiger partial charge is 0.469 e. The summed E-state index contributed by atoms with van der Waals surface area (Å²) in [5.74, 6) is 1.24. The Balaban J connectivity index is 1.64. The van der Waals surface area contributed by atoms with Gasteiger partial charge >= 0.3 is 5.97 Å². The topological polar surface area (TPSA) is 63.9 Å². The molecule has 5 nitrogen and oxygen atoms in total. The van der Waals surface area contributed by atoms with Crippen LogP contribution in [0.3, 0.4) is 0 Å². The highest BCUT2D eigenvalue weighted by molar-refractivity contribution is 8.13. The minimum atomic E-state index is -0.254. The molecule has 2 aromatic rings. The molecule has 0 radical (unpaired) electrons. The summed E-state index contributed by atoms with van der Waals surface area (Å²) >= 11 is 1.65. The third kappa shape index (κ3) is 4.29. The lowest BCUT2D eigenvalue weighted by atomic mass is 10.1. The average molecular weight is 339 g/mol. The van der Waals surface area contributed by atoms with Crippen LogP contribution in [0.1, 0.15) is 16.8 Å². The second-order valence-electron chi connectivity index (χ2n) is 5.21. The van der Waals surface area contributed by atoms with Crippen molar-refractivity contribution >= 4 is 28.6 Å². The summed E-state index contributed by atoms with van der Waals surface area (Å²) in [7, 11) is 1.39. The van der Waals surface area contributed by atoms with Crippen molar-refractivity contribution in [2.45, 2.75) is 12.2 Å². The van der Waals surface area contributed by atoms with E-state index in [0.717, 1.165) is 27.6 Å². The van der Waals surface area contributed by atoms with E-state index < -0.39 is 0 Å².